The van der Waals surface area contributed by atoms with Gasteiger partial charge >= 0.3 is 0 Å². The van der Waals surface area contributed by atoms with Crippen LogP contribution in [0.15, 0.2) is 47.5 Å². The second kappa shape index (κ2) is 9.30. The van der Waals surface area contributed by atoms with Gasteiger partial charge in [-0.3, -0.25) is 9.59 Å². The first-order chi connectivity index (χ1) is 15.7. The van der Waals surface area contributed by atoms with Gasteiger partial charge in [0.15, 0.2) is 0 Å². The summed E-state index contributed by atoms with van der Waals surface area (Å²) in [7, 11) is 0. The van der Waals surface area contributed by atoms with E-state index in [2.05, 4.69) is 20.4 Å². The van der Waals surface area contributed by atoms with Crippen molar-refractivity contribution in [3.8, 4) is 5.69 Å². The molecule has 7 nitrogen and oxygen atoms in total. The summed E-state index contributed by atoms with van der Waals surface area (Å²) in [6.07, 6.45) is 7.27. The summed E-state index contributed by atoms with van der Waals surface area (Å²) in [5.41, 5.74) is 3.11. The fourth-order valence-corrected chi connectivity index (χ4v) is 6.00. The maximum Gasteiger partial charge on any atom is 0.259 e. The molecule has 1 aromatic carbocycles. The van der Waals surface area contributed by atoms with Crippen molar-refractivity contribution < 1.29 is 4.79 Å². The van der Waals surface area contributed by atoms with Crippen molar-refractivity contribution in [1.82, 2.24) is 25.1 Å². The Balaban J connectivity index is 1.08. The minimum Gasteiger partial charge on any atom is -0.352 e. The highest BCUT2D eigenvalue weighted by Crippen LogP contribution is 2.34. The maximum atomic E-state index is 12.5. The van der Waals surface area contributed by atoms with E-state index in [1.165, 1.54) is 10.4 Å². The van der Waals surface area contributed by atoms with E-state index < -0.39 is 0 Å². The highest BCUT2D eigenvalue weighted by Gasteiger charge is 2.21. The van der Waals surface area contributed by atoms with Crippen LogP contribution < -0.4 is 10.9 Å². The highest BCUT2D eigenvalue weighted by atomic mass is 32.2. The second-order valence-electron chi connectivity index (χ2n) is 7.76. The number of aromatic amines is 1. The standard InChI is InChI=1S/C23H23N5O2S2/c29-20(24-11-15-12-25-28(13-15)16-5-2-1-3-6-16)9-10-31-14-19-26-22(30)21-17-7-4-8-18(17)32-23(21)27-19/h1-3,5-6,12-13H,4,7-11,14H2,(H,24,29)(H,26,27,30). The molecule has 0 atom stereocenters. The number of benzene rings is 1. The summed E-state index contributed by atoms with van der Waals surface area (Å²) >= 11 is 3.25. The van der Waals surface area contributed by atoms with Gasteiger partial charge in [-0.2, -0.15) is 16.9 Å². The van der Waals surface area contributed by atoms with Gasteiger partial charge in [0.25, 0.3) is 5.56 Å². The molecule has 32 heavy (non-hydrogen) atoms. The number of para-hydroxylation sites is 1. The third-order valence-corrected chi connectivity index (χ3v) is 7.64. The number of thioether (sulfide) groups is 1. The topological polar surface area (TPSA) is 92.7 Å². The summed E-state index contributed by atoms with van der Waals surface area (Å²) in [5.74, 6) is 1.93. The highest BCUT2D eigenvalue weighted by molar-refractivity contribution is 7.98. The van der Waals surface area contributed by atoms with Crippen molar-refractivity contribution >= 4 is 39.2 Å². The number of fused-ring (bicyclic) bond motifs is 3. The number of carbonyl (C=O) groups excluding carboxylic acids is 1. The first-order valence-corrected chi connectivity index (χ1v) is 12.6. The van der Waals surface area contributed by atoms with E-state index in [0.29, 0.717) is 30.3 Å². The number of nitrogens with one attached hydrogen (secondary N) is 2. The van der Waals surface area contributed by atoms with Gasteiger partial charge in [-0.25, -0.2) is 9.67 Å². The van der Waals surface area contributed by atoms with Crippen LogP contribution in [0.4, 0.5) is 0 Å². The molecule has 4 aromatic rings. The summed E-state index contributed by atoms with van der Waals surface area (Å²) in [4.78, 5) is 34.4. The summed E-state index contributed by atoms with van der Waals surface area (Å²) in [5, 5.41) is 8.07. The third-order valence-electron chi connectivity index (χ3n) is 5.48. The summed E-state index contributed by atoms with van der Waals surface area (Å²) < 4.78 is 1.80. The molecule has 0 saturated carbocycles. The molecule has 0 radical (unpaired) electrons. The van der Waals surface area contributed by atoms with Crippen molar-refractivity contribution in [2.24, 2.45) is 0 Å². The van der Waals surface area contributed by atoms with Crippen molar-refractivity contribution in [3.63, 3.8) is 0 Å². The molecule has 1 amide bonds. The van der Waals surface area contributed by atoms with Crippen molar-refractivity contribution in [2.45, 2.75) is 38.0 Å². The normalized spacial score (nSPS) is 12.9. The van der Waals surface area contributed by atoms with Crippen molar-refractivity contribution in [3.05, 3.63) is 74.9 Å². The fraction of sp³-hybridized carbons (Fsp3) is 0.304. The minimum absolute atomic E-state index is 0.00320. The molecule has 5 rings (SSSR count). The number of hydrogen-bond acceptors (Lipinski definition) is 6. The Morgan fingerprint density at radius 1 is 1.25 bits per heavy atom. The molecule has 0 saturated heterocycles. The van der Waals surface area contributed by atoms with Gasteiger partial charge in [0, 0.05) is 35.4 Å². The Kier molecular flexibility index (Phi) is 6.09. The number of hydrogen-bond donors (Lipinski definition) is 2. The zero-order valence-corrected chi connectivity index (χ0v) is 19.1. The molecule has 2 N–H and O–H groups in total. The molecule has 0 bridgehead atoms. The lowest BCUT2D eigenvalue weighted by molar-refractivity contribution is -0.120. The molecule has 164 valence electrons. The Hall–Kier alpha value is -2.91. The van der Waals surface area contributed by atoms with Crippen LogP contribution >= 0.6 is 23.1 Å². The van der Waals surface area contributed by atoms with Crippen LogP contribution in [0.1, 0.15) is 34.7 Å². The Morgan fingerprint density at radius 2 is 2.12 bits per heavy atom. The zero-order valence-electron chi connectivity index (χ0n) is 17.5. The van der Waals surface area contributed by atoms with Crippen LogP contribution in [0.25, 0.3) is 15.9 Å². The molecule has 3 heterocycles. The van der Waals surface area contributed by atoms with Crippen LogP contribution in [-0.4, -0.2) is 31.4 Å². The van der Waals surface area contributed by atoms with E-state index in [1.54, 1.807) is 34.0 Å². The molecule has 9 heteroatoms. The third kappa shape index (κ3) is 4.49. The lowest BCUT2D eigenvalue weighted by atomic mass is 10.2. The number of carbonyl (C=O) groups is 1. The number of aryl methyl sites for hydroxylation is 2. The molecule has 0 spiro atoms. The number of nitrogens with zero attached hydrogens (tertiary/aromatic N) is 3. The molecule has 0 unspecified atom stereocenters. The van der Waals surface area contributed by atoms with E-state index in [-0.39, 0.29) is 11.5 Å². The van der Waals surface area contributed by atoms with E-state index in [9.17, 15) is 9.59 Å². The molecule has 3 aromatic heterocycles. The molecule has 1 aliphatic carbocycles. The predicted octanol–water partition coefficient (Wildman–Crippen LogP) is 3.60. The quantitative estimate of drug-likeness (QED) is 0.388. The lowest BCUT2D eigenvalue weighted by Gasteiger charge is -2.04. The predicted molar refractivity (Wildman–Crippen MR) is 128 cm³/mol. The molecule has 0 aliphatic heterocycles. The SMILES string of the molecule is O=C(CCSCc1nc2sc3c(c2c(=O)[nH]1)CCC3)NCc1cnn(-c2ccccc2)c1. The van der Waals surface area contributed by atoms with Crippen molar-refractivity contribution in [1.29, 1.82) is 0 Å². The zero-order chi connectivity index (χ0) is 21.9. The van der Waals surface area contributed by atoms with Crippen LogP contribution in [0, 0.1) is 0 Å². The first kappa shape index (κ1) is 21.0. The number of H-pyrrole nitrogens is 1. The van der Waals surface area contributed by atoms with Crippen LogP contribution in [0.5, 0.6) is 0 Å². The van der Waals surface area contributed by atoms with Crippen LogP contribution in [-0.2, 0) is 29.9 Å². The van der Waals surface area contributed by atoms with Crippen molar-refractivity contribution in [2.75, 3.05) is 5.75 Å². The van der Waals surface area contributed by atoms with Gasteiger partial charge in [-0.05, 0) is 37.0 Å². The molecular weight excluding hydrogens is 442 g/mol. The smallest absolute Gasteiger partial charge is 0.259 e. The fourth-order valence-electron chi connectivity index (χ4n) is 3.91. The average molecular weight is 466 g/mol. The van der Waals surface area contributed by atoms with E-state index in [1.807, 2.05) is 36.5 Å². The van der Waals surface area contributed by atoms with Gasteiger partial charge in [-0.1, -0.05) is 18.2 Å². The van der Waals surface area contributed by atoms with Gasteiger partial charge in [0.2, 0.25) is 5.91 Å². The van der Waals surface area contributed by atoms with E-state index in [4.69, 9.17) is 0 Å². The van der Waals surface area contributed by atoms with E-state index in [0.717, 1.165) is 40.7 Å². The Labute approximate surface area is 193 Å². The number of rotatable bonds is 8. The molecule has 1 aliphatic rings. The monoisotopic (exact) mass is 465 g/mol. The summed E-state index contributed by atoms with van der Waals surface area (Å²) in [6.45, 7) is 0.449. The lowest BCUT2D eigenvalue weighted by Crippen LogP contribution is -2.22. The van der Waals surface area contributed by atoms with Crippen LogP contribution in [0.3, 0.4) is 0 Å². The van der Waals surface area contributed by atoms with Gasteiger partial charge in [0.05, 0.1) is 23.0 Å². The van der Waals surface area contributed by atoms with Gasteiger partial charge < -0.3 is 10.3 Å². The summed E-state index contributed by atoms with van der Waals surface area (Å²) in [6, 6.07) is 9.86. The largest absolute Gasteiger partial charge is 0.352 e. The number of thiophene rings is 1. The van der Waals surface area contributed by atoms with Gasteiger partial charge in [0.1, 0.15) is 10.7 Å². The minimum atomic E-state index is -0.0289. The van der Waals surface area contributed by atoms with E-state index >= 15 is 0 Å². The van der Waals surface area contributed by atoms with Gasteiger partial charge in [-0.15, -0.1) is 11.3 Å². The first-order valence-electron chi connectivity index (χ1n) is 10.6. The Morgan fingerprint density at radius 3 is 3.00 bits per heavy atom. The van der Waals surface area contributed by atoms with Crippen LogP contribution in [0.2, 0.25) is 0 Å². The molecule has 0 fully saturated rings. The maximum absolute atomic E-state index is 12.5. The number of aromatic nitrogens is 4. The number of amides is 1. The second-order valence-corrected chi connectivity index (χ2v) is 9.95. The Bertz CT molecular complexity index is 1310. The average Bonchev–Trinajstić information content (AvgIpc) is 3.52. The molecular formula is C23H23N5O2S2.